The topological polar surface area (TPSA) is 91.8 Å². The second-order valence-corrected chi connectivity index (χ2v) is 6.97. The third-order valence-electron chi connectivity index (χ3n) is 5.03. The average Bonchev–Trinajstić information content (AvgIpc) is 2.73. The molecule has 0 aliphatic heterocycles. The van der Waals surface area contributed by atoms with Gasteiger partial charge in [0.15, 0.2) is 5.96 Å². The molecule has 1 amide bonds. The second kappa shape index (κ2) is 13.4. The van der Waals surface area contributed by atoms with Gasteiger partial charge in [0.1, 0.15) is 0 Å². The number of carbonyl (C=O) groups is 2. The highest BCUT2D eigenvalue weighted by Gasteiger charge is 2.27. The fourth-order valence-electron chi connectivity index (χ4n) is 3.46. The zero-order valence-electron chi connectivity index (χ0n) is 17.5. The first-order chi connectivity index (χ1) is 13.6. The zero-order valence-corrected chi connectivity index (χ0v) is 19.8. The Labute approximate surface area is 190 Å². The number of rotatable bonds is 7. The largest absolute Gasteiger partial charge is 0.466 e. The van der Waals surface area contributed by atoms with Crippen LogP contribution in [0.15, 0.2) is 29.3 Å². The van der Waals surface area contributed by atoms with Gasteiger partial charge in [-0.05, 0) is 56.7 Å². The number of hydrogen-bond donors (Lipinski definition) is 3. The van der Waals surface area contributed by atoms with E-state index in [1.165, 1.54) is 0 Å². The Morgan fingerprint density at radius 2 is 1.93 bits per heavy atom. The summed E-state index contributed by atoms with van der Waals surface area (Å²) in [5.41, 5.74) is 1.76. The van der Waals surface area contributed by atoms with Gasteiger partial charge in [-0.1, -0.05) is 12.1 Å². The first-order valence-electron chi connectivity index (χ1n) is 10.0. The second-order valence-electron chi connectivity index (χ2n) is 6.97. The monoisotopic (exact) mass is 516 g/mol. The highest BCUT2D eigenvalue weighted by Crippen LogP contribution is 2.25. The Kier molecular flexibility index (Phi) is 11.6. The predicted molar refractivity (Wildman–Crippen MR) is 126 cm³/mol. The fourth-order valence-corrected chi connectivity index (χ4v) is 3.46. The highest BCUT2D eigenvalue weighted by molar-refractivity contribution is 14.0. The summed E-state index contributed by atoms with van der Waals surface area (Å²) in [6, 6.07) is 7.94. The van der Waals surface area contributed by atoms with Crippen molar-refractivity contribution in [2.45, 2.75) is 45.1 Å². The molecule has 0 heterocycles. The van der Waals surface area contributed by atoms with E-state index in [4.69, 9.17) is 4.74 Å². The van der Waals surface area contributed by atoms with E-state index in [9.17, 15) is 9.59 Å². The molecule has 8 heteroatoms. The van der Waals surface area contributed by atoms with Gasteiger partial charge in [0.2, 0.25) is 0 Å². The summed E-state index contributed by atoms with van der Waals surface area (Å²) in [7, 11) is 3.39. The van der Waals surface area contributed by atoms with Crippen molar-refractivity contribution >= 4 is 41.8 Å². The van der Waals surface area contributed by atoms with Crippen LogP contribution in [-0.2, 0) is 16.0 Å². The zero-order chi connectivity index (χ0) is 20.4. The van der Waals surface area contributed by atoms with E-state index < -0.39 is 0 Å². The quantitative estimate of drug-likeness (QED) is 0.224. The standard InChI is InChI=1S/C21H32N4O3.HI/c1-4-28-20(27)16-8-10-18(11-9-16)25-21(23-3)24-13-12-15-6-5-7-17(14-15)19(26)22-2;/h5-7,14,16,18H,4,8-13H2,1-3H3,(H,22,26)(H2,23,24,25);1H. The molecule has 0 radical (unpaired) electrons. The van der Waals surface area contributed by atoms with Gasteiger partial charge < -0.3 is 20.7 Å². The Bertz CT molecular complexity index is 688. The number of halogens is 1. The first kappa shape index (κ1) is 25.2. The lowest BCUT2D eigenvalue weighted by Crippen LogP contribution is -2.45. The summed E-state index contributed by atoms with van der Waals surface area (Å²) in [5, 5.41) is 9.42. The third kappa shape index (κ3) is 8.20. The molecule has 162 valence electrons. The lowest BCUT2D eigenvalue weighted by atomic mass is 9.86. The fraction of sp³-hybridized carbons (Fsp3) is 0.571. The van der Waals surface area contributed by atoms with Crippen LogP contribution < -0.4 is 16.0 Å². The highest BCUT2D eigenvalue weighted by atomic mass is 127. The van der Waals surface area contributed by atoms with E-state index in [0.717, 1.165) is 50.2 Å². The van der Waals surface area contributed by atoms with Crippen molar-refractivity contribution in [3.63, 3.8) is 0 Å². The van der Waals surface area contributed by atoms with Crippen LogP contribution in [0.1, 0.15) is 48.5 Å². The molecule has 1 fully saturated rings. The van der Waals surface area contributed by atoms with Crippen molar-refractivity contribution in [2.75, 3.05) is 27.2 Å². The van der Waals surface area contributed by atoms with Crippen LogP contribution in [-0.4, -0.2) is 51.1 Å². The van der Waals surface area contributed by atoms with Gasteiger partial charge in [-0.3, -0.25) is 14.6 Å². The van der Waals surface area contributed by atoms with E-state index in [-0.39, 0.29) is 41.8 Å². The number of ether oxygens (including phenoxy) is 1. The molecule has 1 saturated carbocycles. The molecule has 1 aliphatic carbocycles. The van der Waals surface area contributed by atoms with Crippen molar-refractivity contribution in [2.24, 2.45) is 10.9 Å². The molecule has 0 saturated heterocycles. The van der Waals surface area contributed by atoms with E-state index >= 15 is 0 Å². The lowest BCUT2D eigenvalue weighted by Gasteiger charge is -2.29. The molecule has 0 unspecified atom stereocenters. The minimum Gasteiger partial charge on any atom is -0.466 e. The van der Waals surface area contributed by atoms with Gasteiger partial charge in [0.25, 0.3) is 5.91 Å². The van der Waals surface area contributed by atoms with Gasteiger partial charge in [0.05, 0.1) is 12.5 Å². The summed E-state index contributed by atoms with van der Waals surface area (Å²) in [6.45, 7) is 3.00. The molecule has 0 aromatic heterocycles. The van der Waals surface area contributed by atoms with Crippen molar-refractivity contribution in [3.05, 3.63) is 35.4 Å². The molecule has 1 aliphatic rings. The summed E-state index contributed by atoms with van der Waals surface area (Å²) in [5.74, 6) is 0.649. The number of benzene rings is 1. The molecule has 3 N–H and O–H groups in total. The molecule has 1 aromatic rings. The number of carbonyl (C=O) groups excluding carboxylic acids is 2. The van der Waals surface area contributed by atoms with Crippen LogP contribution >= 0.6 is 24.0 Å². The molecule has 1 aromatic carbocycles. The molecule has 29 heavy (non-hydrogen) atoms. The average molecular weight is 516 g/mol. The Morgan fingerprint density at radius 3 is 2.55 bits per heavy atom. The van der Waals surface area contributed by atoms with Crippen LogP contribution in [0.2, 0.25) is 0 Å². The maximum atomic E-state index is 11.8. The molecule has 0 bridgehead atoms. The smallest absolute Gasteiger partial charge is 0.308 e. The number of amides is 1. The minimum atomic E-state index is -0.0780. The summed E-state index contributed by atoms with van der Waals surface area (Å²) in [6.07, 6.45) is 4.34. The maximum Gasteiger partial charge on any atom is 0.308 e. The van der Waals surface area contributed by atoms with E-state index in [1.54, 1.807) is 14.1 Å². The van der Waals surface area contributed by atoms with E-state index in [1.807, 2.05) is 31.2 Å². The van der Waals surface area contributed by atoms with Gasteiger partial charge in [-0.15, -0.1) is 24.0 Å². The van der Waals surface area contributed by atoms with E-state index in [2.05, 4.69) is 20.9 Å². The summed E-state index contributed by atoms with van der Waals surface area (Å²) >= 11 is 0. The van der Waals surface area contributed by atoms with Gasteiger partial charge in [0, 0.05) is 32.2 Å². The van der Waals surface area contributed by atoms with Gasteiger partial charge in [-0.25, -0.2) is 0 Å². The molecule has 2 rings (SSSR count). The molecular formula is C21H33IN4O3. The molecular weight excluding hydrogens is 483 g/mol. The van der Waals surface area contributed by atoms with Crippen LogP contribution in [0, 0.1) is 5.92 Å². The normalized spacial score (nSPS) is 18.9. The Balaban J connectivity index is 0.00000420. The van der Waals surface area contributed by atoms with Crippen LogP contribution in [0.25, 0.3) is 0 Å². The maximum absolute atomic E-state index is 11.8. The molecule has 7 nitrogen and oxygen atoms in total. The Hall–Kier alpha value is -1.84. The van der Waals surface area contributed by atoms with E-state index in [0.29, 0.717) is 18.2 Å². The number of hydrogen-bond acceptors (Lipinski definition) is 4. The number of guanidine groups is 1. The molecule has 0 spiro atoms. The number of nitrogens with one attached hydrogen (secondary N) is 3. The van der Waals surface area contributed by atoms with Crippen LogP contribution in [0.4, 0.5) is 0 Å². The van der Waals surface area contributed by atoms with Crippen molar-refractivity contribution in [1.82, 2.24) is 16.0 Å². The van der Waals surface area contributed by atoms with Crippen LogP contribution in [0.5, 0.6) is 0 Å². The van der Waals surface area contributed by atoms with Gasteiger partial charge in [-0.2, -0.15) is 0 Å². The van der Waals surface area contributed by atoms with Crippen molar-refractivity contribution in [1.29, 1.82) is 0 Å². The lowest BCUT2D eigenvalue weighted by molar-refractivity contribution is -0.149. The van der Waals surface area contributed by atoms with Crippen LogP contribution in [0.3, 0.4) is 0 Å². The van der Waals surface area contributed by atoms with Gasteiger partial charge >= 0.3 is 5.97 Å². The number of esters is 1. The number of nitrogens with zero attached hydrogens (tertiary/aromatic N) is 1. The minimum absolute atomic E-state index is 0. The van der Waals surface area contributed by atoms with Crippen molar-refractivity contribution < 1.29 is 14.3 Å². The third-order valence-corrected chi connectivity index (χ3v) is 5.03. The molecule has 0 atom stereocenters. The Morgan fingerprint density at radius 1 is 1.21 bits per heavy atom. The predicted octanol–water partition coefficient (Wildman–Crippen LogP) is 2.49. The SMILES string of the molecule is CCOC(=O)C1CCC(NC(=NC)NCCc2cccc(C(=O)NC)c2)CC1.I. The number of aliphatic imine (C=N–C) groups is 1. The first-order valence-corrected chi connectivity index (χ1v) is 10.0. The van der Waals surface area contributed by atoms with Crippen molar-refractivity contribution in [3.8, 4) is 0 Å². The summed E-state index contributed by atoms with van der Waals surface area (Å²) < 4.78 is 5.12. The summed E-state index contributed by atoms with van der Waals surface area (Å²) in [4.78, 5) is 27.9.